The molecular formula is C10H11BrF2O2. The molecule has 0 aliphatic carbocycles. The van der Waals surface area contributed by atoms with Gasteiger partial charge in [-0.15, -0.1) is 0 Å². The van der Waals surface area contributed by atoms with E-state index in [1.165, 1.54) is 6.92 Å². The van der Waals surface area contributed by atoms with Crippen LogP contribution in [0.15, 0.2) is 16.6 Å². The standard InChI is InChI=1S/C10H11BrF2O2/c1-5(14)6(2)15-10-8(11)3-7(12)4-9(10)13/h3-6,14H,1-2H3. The van der Waals surface area contributed by atoms with Gasteiger partial charge in [0.05, 0.1) is 10.6 Å². The third-order valence-corrected chi connectivity index (χ3v) is 2.54. The second-order valence-corrected chi connectivity index (χ2v) is 4.12. The quantitative estimate of drug-likeness (QED) is 0.923. The zero-order valence-corrected chi connectivity index (χ0v) is 9.88. The molecule has 2 unspecified atom stereocenters. The van der Waals surface area contributed by atoms with Crippen LogP contribution >= 0.6 is 15.9 Å². The van der Waals surface area contributed by atoms with Crippen molar-refractivity contribution in [1.29, 1.82) is 0 Å². The summed E-state index contributed by atoms with van der Waals surface area (Å²) >= 11 is 2.99. The van der Waals surface area contributed by atoms with Crippen LogP contribution in [0.25, 0.3) is 0 Å². The maximum Gasteiger partial charge on any atom is 0.169 e. The van der Waals surface area contributed by atoms with E-state index in [1.54, 1.807) is 6.92 Å². The van der Waals surface area contributed by atoms with Crippen molar-refractivity contribution in [2.75, 3.05) is 0 Å². The van der Waals surface area contributed by atoms with E-state index >= 15 is 0 Å². The first-order chi connectivity index (χ1) is 6.91. The van der Waals surface area contributed by atoms with Crippen molar-refractivity contribution in [3.05, 3.63) is 28.2 Å². The van der Waals surface area contributed by atoms with E-state index in [-0.39, 0.29) is 10.2 Å². The molecule has 0 aromatic heterocycles. The van der Waals surface area contributed by atoms with Crippen molar-refractivity contribution in [2.24, 2.45) is 0 Å². The SMILES string of the molecule is CC(O)C(C)Oc1c(F)cc(F)cc1Br. The van der Waals surface area contributed by atoms with E-state index in [0.29, 0.717) is 0 Å². The fourth-order valence-corrected chi connectivity index (χ4v) is 1.43. The Morgan fingerprint density at radius 2 is 1.93 bits per heavy atom. The smallest absolute Gasteiger partial charge is 0.169 e. The highest BCUT2D eigenvalue weighted by atomic mass is 79.9. The lowest BCUT2D eigenvalue weighted by atomic mass is 10.2. The first kappa shape index (κ1) is 12.4. The Bertz CT molecular complexity index is 332. The number of aliphatic hydroxyl groups excluding tert-OH is 1. The van der Waals surface area contributed by atoms with Gasteiger partial charge in [0.15, 0.2) is 11.6 Å². The number of halogens is 3. The normalized spacial score (nSPS) is 14.8. The summed E-state index contributed by atoms with van der Waals surface area (Å²) in [6.07, 6.45) is -1.30. The molecule has 0 aliphatic heterocycles. The molecule has 5 heteroatoms. The van der Waals surface area contributed by atoms with Crippen molar-refractivity contribution >= 4 is 15.9 Å². The number of ether oxygens (including phenoxy) is 1. The van der Waals surface area contributed by atoms with E-state index < -0.39 is 23.8 Å². The fraction of sp³-hybridized carbons (Fsp3) is 0.400. The van der Waals surface area contributed by atoms with Crippen LogP contribution in [0.3, 0.4) is 0 Å². The Morgan fingerprint density at radius 3 is 2.40 bits per heavy atom. The predicted octanol–water partition coefficient (Wildman–Crippen LogP) is 2.88. The van der Waals surface area contributed by atoms with Crippen LogP contribution in [0, 0.1) is 11.6 Å². The van der Waals surface area contributed by atoms with Gasteiger partial charge in [-0.3, -0.25) is 0 Å². The zero-order valence-electron chi connectivity index (χ0n) is 8.30. The van der Waals surface area contributed by atoms with Crippen molar-refractivity contribution in [3.8, 4) is 5.75 Å². The molecule has 0 bridgehead atoms. The summed E-state index contributed by atoms with van der Waals surface area (Å²) in [5, 5.41) is 9.18. The molecule has 0 heterocycles. The highest BCUT2D eigenvalue weighted by Crippen LogP contribution is 2.30. The van der Waals surface area contributed by atoms with Crippen LogP contribution in [0.5, 0.6) is 5.75 Å². The van der Waals surface area contributed by atoms with Crippen molar-refractivity contribution in [1.82, 2.24) is 0 Å². The largest absolute Gasteiger partial charge is 0.484 e. The lowest BCUT2D eigenvalue weighted by Gasteiger charge is -2.18. The summed E-state index contributed by atoms with van der Waals surface area (Å²) < 4.78 is 31.3. The number of hydrogen-bond donors (Lipinski definition) is 1. The van der Waals surface area contributed by atoms with E-state index in [0.717, 1.165) is 12.1 Å². The summed E-state index contributed by atoms with van der Waals surface area (Å²) in [6.45, 7) is 3.12. The monoisotopic (exact) mass is 280 g/mol. The molecule has 1 rings (SSSR count). The van der Waals surface area contributed by atoms with Crippen LogP contribution in [0.1, 0.15) is 13.8 Å². The van der Waals surface area contributed by atoms with E-state index in [2.05, 4.69) is 15.9 Å². The summed E-state index contributed by atoms with van der Waals surface area (Å²) in [5.74, 6) is -1.57. The molecule has 15 heavy (non-hydrogen) atoms. The minimum atomic E-state index is -0.797. The average molecular weight is 281 g/mol. The number of benzene rings is 1. The zero-order chi connectivity index (χ0) is 11.6. The first-order valence-corrected chi connectivity index (χ1v) is 5.20. The van der Waals surface area contributed by atoms with Crippen LogP contribution in [-0.4, -0.2) is 17.3 Å². The maximum absolute atomic E-state index is 13.3. The first-order valence-electron chi connectivity index (χ1n) is 4.41. The molecule has 0 amide bonds. The third kappa shape index (κ3) is 3.14. The van der Waals surface area contributed by atoms with Gasteiger partial charge in [0, 0.05) is 6.07 Å². The van der Waals surface area contributed by atoms with Gasteiger partial charge in [0.25, 0.3) is 0 Å². The van der Waals surface area contributed by atoms with Crippen molar-refractivity contribution in [2.45, 2.75) is 26.1 Å². The molecule has 0 aliphatic rings. The van der Waals surface area contributed by atoms with Gasteiger partial charge < -0.3 is 9.84 Å². The Morgan fingerprint density at radius 1 is 1.33 bits per heavy atom. The molecule has 0 fully saturated rings. The minimum absolute atomic E-state index is 0.0928. The number of hydrogen-bond acceptors (Lipinski definition) is 2. The van der Waals surface area contributed by atoms with Gasteiger partial charge in [0.1, 0.15) is 11.9 Å². The topological polar surface area (TPSA) is 29.5 Å². The summed E-state index contributed by atoms with van der Waals surface area (Å²) in [7, 11) is 0. The minimum Gasteiger partial charge on any atom is -0.484 e. The second-order valence-electron chi connectivity index (χ2n) is 3.26. The Hall–Kier alpha value is -0.680. The van der Waals surface area contributed by atoms with Crippen LogP contribution in [0.2, 0.25) is 0 Å². The van der Waals surface area contributed by atoms with Gasteiger partial charge in [-0.25, -0.2) is 8.78 Å². The summed E-state index contributed by atoms with van der Waals surface area (Å²) in [4.78, 5) is 0. The predicted molar refractivity (Wildman–Crippen MR) is 55.8 cm³/mol. The molecule has 0 saturated heterocycles. The lowest BCUT2D eigenvalue weighted by Crippen LogP contribution is -2.26. The second kappa shape index (κ2) is 4.90. The molecule has 2 atom stereocenters. The molecule has 1 aromatic rings. The van der Waals surface area contributed by atoms with E-state index in [1.807, 2.05) is 0 Å². The highest BCUT2D eigenvalue weighted by molar-refractivity contribution is 9.10. The maximum atomic E-state index is 13.3. The fourth-order valence-electron chi connectivity index (χ4n) is 0.926. The molecule has 0 radical (unpaired) electrons. The third-order valence-electron chi connectivity index (χ3n) is 1.95. The molecule has 84 valence electrons. The van der Waals surface area contributed by atoms with Crippen molar-refractivity contribution in [3.63, 3.8) is 0 Å². The lowest BCUT2D eigenvalue weighted by molar-refractivity contribution is 0.0573. The Balaban J connectivity index is 2.95. The summed E-state index contributed by atoms with van der Waals surface area (Å²) in [6, 6.07) is 1.84. The van der Waals surface area contributed by atoms with Crippen molar-refractivity contribution < 1.29 is 18.6 Å². The number of rotatable bonds is 3. The van der Waals surface area contributed by atoms with Crippen LogP contribution in [-0.2, 0) is 0 Å². The summed E-state index contributed by atoms with van der Waals surface area (Å²) in [5.41, 5.74) is 0. The Labute approximate surface area is 95.0 Å². The van der Waals surface area contributed by atoms with Crippen LogP contribution in [0.4, 0.5) is 8.78 Å². The van der Waals surface area contributed by atoms with Gasteiger partial charge in [-0.2, -0.15) is 0 Å². The van der Waals surface area contributed by atoms with E-state index in [4.69, 9.17) is 4.74 Å². The molecule has 1 N–H and O–H groups in total. The molecule has 2 nitrogen and oxygen atoms in total. The Kier molecular flexibility index (Phi) is 4.04. The van der Waals surface area contributed by atoms with Gasteiger partial charge in [-0.05, 0) is 35.8 Å². The van der Waals surface area contributed by atoms with Gasteiger partial charge >= 0.3 is 0 Å². The average Bonchev–Trinajstić information content (AvgIpc) is 2.10. The van der Waals surface area contributed by atoms with Gasteiger partial charge in [0.2, 0.25) is 0 Å². The van der Waals surface area contributed by atoms with Gasteiger partial charge in [-0.1, -0.05) is 0 Å². The van der Waals surface area contributed by atoms with E-state index in [9.17, 15) is 13.9 Å². The molecular weight excluding hydrogens is 270 g/mol. The molecule has 0 spiro atoms. The molecule has 0 saturated carbocycles. The highest BCUT2D eigenvalue weighted by Gasteiger charge is 2.16. The molecule has 1 aromatic carbocycles. The van der Waals surface area contributed by atoms with Crippen LogP contribution < -0.4 is 4.74 Å². The number of aliphatic hydroxyl groups is 1.